The molecule has 1 aliphatic rings. The summed E-state index contributed by atoms with van der Waals surface area (Å²) in [5.41, 5.74) is 0.863. The monoisotopic (exact) mass is 574 g/mol. The molecule has 3 atom stereocenters. The van der Waals surface area contributed by atoms with Crippen LogP contribution in [-0.4, -0.2) is 72.1 Å². The lowest BCUT2D eigenvalue weighted by Crippen LogP contribution is -2.59. The average molecular weight is 575 g/mol. The predicted octanol–water partition coefficient (Wildman–Crippen LogP) is 3.44. The fraction of sp³-hybridized carbons (Fsp3) is 0.581. The number of carbonyl (C=O) groups excluding carboxylic acids is 3. The van der Waals surface area contributed by atoms with Crippen LogP contribution in [0.3, 0.4) is 0 Å². The highest BCUT2D eigenvalue weighted by Gasteiger charge is 2.40. The molecule has 0 radical (unpaired) electrons. The normalized spacial score (nSPS) is 16.5. The number of nitrogens with one attached hydrogen (secondary N) is 3. The smallest absolute Gasteiger partial charge is 0.247 e. The van der Waals surface area contributed by atoms with Gasteiger partial charge in [0.2, 0.25) is 17.7 Å². The largest absolute Gasteiger partial charge is 0.390 e. The Hall–Kier alpha value is -2.52. The summed E-state index contributed by atoms with van der Waals surface area (Å²) in [6.45, 7) is 9.87. The molecule has 222 valence electrons. The number of rotatable bonds is 14. The molecule has 0 spiro atoms. The summed E-state index contributed by atoms with van der Waals surface area (Å²) < 4.78 is 0. The van der Waals surface area contributed by atoms with E-state index in [0.29, 0.717) is 38.3 Å². The summed E-state index contributed by atoms with van der Waals surface area (Å²) >= 11 is 0. The van der Waals surface area contributed by atoms with Gasteiger partial charge in [-0.2, -0.15) is 0 Å². The zero-order chi connectivity index (χ0) is 28.4. The van der Waals surface area contributed by atoms with Crippen molar-refractivity contribution in [3.05, 3.63) is 48.0 Å². The number of nitrogens with zero attached hydrogens (tertiary/aromatic N) is 1. The highest BCUT2D eigenvalue weighted by molar-refractivity contribution is 6.03. The molecular formula is C31H47ClN4O4. The van der Waals surface area contributed by atoms with Gasteiger partial charge in [0.15, 0.2) is 0 Å². The van der Waals surface area contributed by atoms with Crippen molar-refractivity contribution in [3.8, 4) is 0 Å². The Morgan fingerprint density at radius 3 is 2.35 bits per heavy atom. The maximum atomic E-state index is 13.8. The van der Waals surface area contributed by atoms with Gasteiger partial charge < -0.3 is 21.1 Å². The first kappa shape index (κ1) is 33.7. The maximum Gasteiger partial charge on any atom is 0.247 e. The fourth-order valence-electron chi connectivity index (χ4n) is 5.15. The van der Waals surface area contributed by atoms with E-state index in [0.717, 1.165) is 29.3 Å². The summed E-state index contributed by atoms with van der Waals surface area (Å²) in [6.07, 6.45) is 2.06. The first-order chi connectivity index (χ1) is 18.7. The van der Waals surface area contributed by atoms with Gasteiger partial charge in [-0.25, -0.2) is 0 Å². The minimum absolute atomic E-state index is 0. The van der Waals surface area contributed by atoms with Crippen molar-refractivity contribution in [2.75, 3.05) is 26.2 Å². The van der Waals surface area contributed by atoms with E-state index in [2.05, 4.69) is 29.8 Å². The van der Waals surface area contributed by atoms with E-state index < -0.39 is 24.1 Å². The lowest BCUT2D eigenvalue weighted by atomic mass is 9.96. The molecule has 3 amide bonds. The van der Waals surface area contributed by atoms with Gasteiger partial charge in [0, 0.05) is 25.4 Å². The first-order valence-corrected chi connectivity index (χ1v) is 14.5. The summed E-state index contributed by atoms with van der Waals surface area (Å²) in [5, 5.41) is 21.8. The van der Waals surface area contributed by atoms with Gasteiger partial charge in [-0.15, -0.1) is 12.4 Å². The van der Waals surface area contributed by atoms with Crippen LogP contribution in [0, 0.1) is 11.8 Å². The number of amides is 3. The molecule has 8 nitrogen and oxygen atoms in total. The van der Waals surface area contributed by atoms with E-state index >= 15 is 0 Å². The third-order valence-electron chi connectivity index (χ3n) is 7.47. The number of hydrogen-bond donors (Lipinski definition) is 4. The van der Waals surface area contributed by atoms with Crippen LogP contribution in [0.4, 0.5) is 0 Å². The molecule has 1 saturated heterocycles. The van der Waals surface area contributed by atoms with Gasteiger partial charge in [-0.05, 0) is 61.0 Å². The molecule has 9 heteroatoms. The van der Waals surface area contributed by atoms with Crippen LogP contribution in [0.25, 0.3) is 10.8 Å². The Morgan fingerprint density at radius 2 is 1.73 bits per heavy atom. The molecule has 2 aromatic rings. The molecule has 0 saturated carbocycles. The number of aliphatic hydroxyl groups is 1. The molecule has 4 N–H and O–H groups in total. The van der Waals surface area contributed by atoms with E-state index in [-0.39, 0.29) is 43.1 Å². The second-order valence-corrected chi connectivity index (χ2v) is 11.1. The highest BCUT2D eigenvalue weighted by Crippen LogP contribution is 2.23. The van der Waals surface area contributed by atoms with E-state index in [9.17, 15) is 19.5 Å². The SMILES string of the molecule is CCC(CC)C(=O)N(C(=O)C1CCCN1)[C@@H](Cc1ccc2ccccc2c1)C(=O)NCC(O)CNCC(C)C.Cl. The molecule has 3 rings (SSSR count). The topological polar surface area (TPSA) is 111 Å². The first-order valence-electron chi connectivity index (χ1n) is 14.5. The highest BCUT2D eigenvalue weighted by atomic mass is 35.5. The lowest BCUT2D eigenvalue weighted by Gasteiger charge is -2.34. The molecule has 1 aliphatic heterocycles. The Bertz CT molecular complexity index is 1090. The molecule has 0 aliphatic carbocycles. The molecule has 1 fully saturated rings. The van der Waals surface area contributed by atoms with Crippen LogP contribution in [0.15, 0.2) is 42.5 Å². The number of halogens is 1. The number of fused-ring (bicyclic) bond motifs is 1. The lowest BCUT2D eigenvalue weighted by molar-refractivity contribution is -0.155. The molecule has 2 unspecified atom stereocenters. The Balaban J connectivity index is 0.00000560. The van der Waals surface area contributed by atoms with Crippen LogP contribution < -0.4 is 16.0 Å². The standard InChI is InChI=1S/C31H46N4O4.ClH/c1-5-23(6-2)30(38)35(31(39)27-12-9-15-33-27)28(29(37)34-20-26(36)19-32-18-21(3)4)17-22-13-14-24-10-7-8-11-25(24)16-22;/h7-8,10-11,13-14,16,21,23,26-28,32-33,36H,5-6,9,12,15,17-20H2,1-4H3,(H,34,37);1H/t26?,27?,28-;/m0./s1. The fourth-order valence-corrected chi connectivity index (χ4v) is 5.15. The third kappa shape index (κ3) is 9.26. The summed E-state index contributed by atoms with van der Waals surface area (Å²) in [5.74, 6) is -0.994. The second kappa shape index (κ2) is 16.7. The quantitative estimate of drug-likeness (QED) is 0.275. The molecule has 0 aromatic heterocycles. The number of aliphatic hydroxyl groups excluding tert-OH is 1. The summed E-state index contributed by atoms with van der Waals surface area (Å²) in [6, 6.07) is 12.4. The van der Waals surface area contributed by atoms with Crippen molar-refractivity contribution < 1.29 is 19.5 Å². The molecular weight excluding hydrogens is 528 g/mol. The van der Waals surface area contributed by atoms with Crippen molar-refractivity contribution in [2.24, 2.45) is 11.8 Å². The minimum Gasteiger partial charge on any atom is -0.390 e. The summed E-state index contributed by atoms with van der Waals surface area (Å²) in [7, 11) is 0. The van der Waals surface area contributed by atoms with Crippen LogP contribution >= 0.6 is 12.4 Å². The average Bonchev–Trinajstić information content (AvgIpc) is 3.47. The predicted molar refractivity (Wildman–Crippen MR) is 162 cm³/mol. The Labute approximate surface area is 245 Å². The number of benzene rings is 2. The zero-order valence-corrected chi connectivity index (χ0v) is 25.1. The Kier molecular flexibility index (Phi) is 14.0. The van der Waals surface area contributed by atoms with Gasteiger partial charge in [0.25, 0.3) is 0 Å². The van der Waals surface area contributed by atoms with Crippen LogP contribution in [-0.2, 0) is 20.8 Å². The molecule has 2 aromatic carbocycles. The van der Waals surface area contributed by atoms with Crippen LogP contribution in [0.1, 0.15) is 58.9 Å². The Morgan fingerprint density at radius 1 is 1.02 bits per heavy atom. The van der Waals surface area contributed by atoms with Crippen molar-refractivity contribution >= 4 is 40.9 Å². The van der Waals surface area contributed by atoms with Crippen molar-refractivity contribution in [2.45, 2.75) is 78.0 Å². The molecule has 1 heterocycles. The maximum absolute atomic E-state index is 13.8. The number of imide groups is 1. The molecule has 0 bridgehead atoms. The van der Waals surface area contributed by atoms with Gasteiger partial charge >= 0.3 is 0 Å². The van der Waals surface area contributed by atoms with Gasteiger partial charge in [-0.3, -0.25) is 19.3 Å². The van der Waals surface area contributed by atoms with Crippen molar-refractivity contribution in [3.63, 3.8) is 0 Å². The summed E-state index contributed by atoms with van der Waals surface area (Å²) in [4.78, 5) is 42.6. The minimum atomic E-state index is -1.02. The van der Waals surface area contributed by atoms with E-state index in [1.807, 2.05) is 56.3 Å². The van der Waals surface area contributed by atoms with Gasteiger partial charge in [0.1, 0.15) is 6.04 Å². The zero-order valence-electron chi connectivity index (χ0n) is 24.3. The number of carbonyl (C=O) groups is 3. The van der Waals surface area contributed by atoms with Crippen molar-refractivity contribution in [1.82, 2.24) is 20.9 Å². The van der Waals surface area contributed by atoms with E-state index in [1.165, 1.54) is 4.90 Å². The second-order valence-electron chi connectivity index (χ2n) is 11.1. The van der Waals surface area contributed by atoms with Crippen molar-refractivity contribution in [1.29, 1.82) is 0 Å². The van der Waals surface area contributed by atoms with E-state index in [1.54, 1.807) is 0 Å². The van der Waals surface area contributed by atoms with E-state index in [4.69, 9.17) is 0 Å². The van der Waals surface area contributed by atoms with Gasteiger partial charge in [-0.1, -0.05) is 70.2 Å². The molecule has 40 heavy (non-hydrogen) atoms. The third-order valence-corrected chi connectivity index (χ3v) is 7.47. The number of hydrogen-bond acceptors (Lipinski definition) is 6. The van der Waals surface area contributed by atoms with Crippen LogP contribution in [0.2, 0.25) is 0 Å². The van der Waals surface area contributed by atoms with Crippen LogP contribution in [0.5, 0.6) is 0 Å². The van der Waals surface area contributed by atoms with Gasteiger partial charge in [0.05, 0.1) is 12.1 Å².